The van der Waals surface area contributed by atoms with Gasteiger partial charge in [0.15, 0.2) is 0 Å². The van der Waals surface area contributed by atoms with Gasteiger partial charge in [-0.05, 0) is 54.4 Å². The Balaban J connectivity index is 2.48. The van der Waals surface area contributed by atoms with Crippen molar-refractivity contribution in [3.05, 3.63) is 62.6 Å². The van der Waals surface area contributed by atoms with Crippen LogP contribution in [-0.4, -0.2) is 13.7 Å². The second kappa shape index (κ2) is 7.30. The summed E-state index contributed by atoms with van der Waals surface area (Å²) in [5.41, 5.74) is 3.61. The van der Waals surface area contributed by atoms with E-state index in [9.17, 15) is 0 Å². The molecule has 2 nitrogen and oxygen atoms in total. The highest BCUT2D eigenvalue weighted by atomic mass is 79.9. The summed E-state index contributed by atoms with van der Waals surface area (Å²) in [5, 5.41) is 4.27. The molecule has 4 heteroatoms. The van der Waals surface area contributed by atoms with Crippen LogP contribution in [-0.2, 0) is 0 Å². The smallest absolute Gasteiger partial charge is 0.119 e. The van der Waals surface area contributed by atoms with Crippen molar-refractivity contribution < 1.29 is 4.74 Å². The third-order valence-corrected chi connectivity index (χ3v) is 4.39. The number of ether oxygens (including phenoxy) is 1. The summed E-state index contributed by atoms with van der Waals surface area (Å²) in [6.07, 6.45) is 0. The van der Waals surface area contributed by atoms with Crippen molar-refractivity contribution in [1.82, 2.24) is 5.32 Å². The van der Waals surface area contributed by atoms with E-state index in [4.69, 9.17) is 16.3 Å². The Bertz CT molecular complexity index is 630. The second-order valence-electron chi connectivity index (χ2n) is 4.88. The van der Waals surface area contributed by atoms with Gasteiger partial charge in [0.25, 0.3) is 0 Å². The molecule has 1 unspecified atom stereocenters. The van der Waals surface area contributed by atoms with Gasteiger partial charge < -0.3 is 10.1 Å². The molecule has 0 bridgehead atoms. The van der Waals surface area contributed by atoms with E-state index < -0.39 is 0 Å². The fourth-order valence-corrected chi connectivity index (χ4v) is 3.34. The zero-order chi connectivity index (χ0) is 15.4. The monoisotopic (exact) mass is 367 g/mol. The summed E-state index contributed by atoms with van der Waals surface area (Å²) in [4.78, 5) is 0. The predicted molar refractivity (Wildman–Crippen MR) is 92.4 cm³/mol. The van der Waals surface area contributed by atoms with E-state index in [1.165, 1.54) is 16.7 Å². The maximum atomic E-state index is 6.05. The zero-order valence-electron chi connectivity index (χ0n) is 12.4. The van der Waals surface area contributed by atoms with Gasteiger partial charge in [0.2, 0.25) is 0 Å². The van der Waals surface area contributed by atoms with Gasteiger partial charge in [0.1, 0.15) is 5.75 Å². The van der Waals surface area contributed by atoms with Crippen LogP contribution in [0.5, 0.6) is 5.75 Å². The highest BCUT2D eigenvalue weighted by molar-refractivity contribution is 9.10. The highest BCUT2D eigenvalue weighted by Gasteiger charge is 2.18. The molecule has 0 amide bonds. The van der Waals surface area contributed by atoms with Crippen molar-refractivity contribution in [2.45, 2.75) is 19.9 Å². The van der Waals surface area contributed by atoms with Gasteiger partial charge in [-0.2, -0.15) is 0 Å². The summed E-state index contributed by atoms with van der Waals surface area (Å²) < 4.78 is 6.30. The molecule has 2 rings (SSSR count). The molecule has 0 radical (unpaired) electrons. The fourth-order valence-electron chi connectivity index (χ4n) is 2.43. The third kappa shape index (κ3) is 3.79. The molecule has 0 spiro atoms. The van der Waals surface area contributed by atoms with Gasteiger partial charge in [0.05, 0.1) is 13.2 Å². The zero-order valence-corrected chi connectivity index (χ0v) is 14.8. The van der Waals surface area contributed by atoms with E-state index in [1.807, 2.05) is 18.2 Å². The van der Waals surface area contributed by atoms with E-state index in [2.05, 4.69) is 53.3 Å². The van der Waals surface area contributed by atoms with Crippen molar-refractivity contribution >= 4 is 27.5 Å². The lowest BCUT2D eigenvalue weighted by Gasteiger charge is -2.22. The molecular weight excluding hydrogens is 350 g/mol. The first kappa shape index (κ1) is 16.3. The molecular formula is C17H19BrClNO. The Hall–Kier alpha value is -1.03. The first-order valence-corrected chi connectivity index (χ1v) is 8.06. The number of hydrogen-bond acceptors (Lipinski definition) is 2. The minimum absolute atomic E-state index is 0.118. The highest BCUT2D eigenvalue weighted by Crippen LogP contribution is 2.33. The van der Waals surface area contributed by atoms with Crippen molar-refractivity contribution in [2.24, 2.45) is 0 Å². The lowest BCUT2D eigenvalue weighted by molar-refractivity contribution is 0.414. The van der Waals surface area contributed by atoms with E-state index in [1.54, 1.807) is 7.11 Å². The van der Waals surface area contributed by atoms with E-state index >= 15 is 0 Å². The Morgan fingerprint density at radius 3 is 2.48 bits per heavy atom. The van der Waals surface area contributed by atoms with Gasteiger partial charge in [-0.25, -0.2) is 0 Å². The van der Waals surface area contributed by atoms with Crippen molar-refractivity contribution in [3.8, 4) is 5.75 Å². The lowest BCUT2D eigenvalue weighted by Crippen LogP contribution is -2.23. The average molecular weight is 369 g/mol. The lowest BCUT2D eigenvalue weighted by atomic mass is 9.94. The number of aryl methyl sites for hydroxylation is 1. The largest absolute Gasteiger partial charge is 0.497 e. The average Bonchev–Trinajstić information content (AvgIpc) is 2.46. The van der Waals surface area contributed by atoms with Gasteiger partial charge in [-0.1, -0.05) is 46.6 Å². The maximum Gasteiger partial charge on any atom is 0.119 e. The number of methoxy groups -OCH3 is 1. The summed E-state index contributed by atoms with van der Waals surface area (Å²) in [5.74, 6) is 0.877. The minimum Gasteiger partial charge on any atom is -0.497 e. The van der Waals surface area contributed by atoms with Gasteiger partial charge in [-0.3, -0.25) is 0 Å². The molecule has 0 aliphatic rings. The molecule has 0 aliphatic carbocycles. The fraction of sp³-hybridized carbons (Fsp3) is 0.294. The Morgan fingerprint density at radius 1 is 1.19 bits per heavy atom. The first-order chi connectivity index (χ1) is 10.1. The molecule has 2 aromatic carbocycles. The predicted octanol–water partition coefficient (Wildman–Crippen LogP) is 5.12. The number of benzene rings is 2. The van der Waals surface area contributed by atoms with Crippen molar-refractivity contribution in [1.29, 1.82) is 0 Å². The molecule has 112 valence electrons. The maximum absolute atomic E-state index is 6.05. The Morgan fingerprint density at radius 2 is 1.90 bits per heavy atom. The van der Waals surface area contributed by atoms with Crippen LogP contribution in [0.2, 0.25) is 5.02 Å². The van der Waals surface area contributed by atoms with Gasteiger partial charge in [-0.15, -0.1) is 0 Å². The normalized spacial score (nSPS) is 12.2. The number of halogens is 2. The van der Waals surface area contributed by atoms with Crippen LogP contribution in [0.15, 0.2) is 40.9 Å². The molecule has 1 atom stereocenters. The van der Waals surface area contributed by atoms with Gasteiger partial charge >= 0.3 is 0 Å². The van der Waals surface area contributed by atoms with Crippen LogP contribution in [0.1, 0.15) is 29.7 Å². The number of hydrogen-bond donors (Lipinski definition) is 1. The van der Waals surface area contributed by atoms with Crippen molar-refractivity contribution in [2.75, 3.05) is 13.7 Å². The minimum atomic E-state index is 0.118. The van der Waals surface area contributed by atoms with E-state index in [0.717, 1.165) is 21.8 Å². The second-order valence-corrected chi connectivity index (χ2v) is 6.17. The standard InChI is InChI=1S/C17H19BrClNO/c1-4-20-17(15-7-5-12(19)10-16(15)18)14-8-6-13(21-3)9-11(14)2/h5-10,17,20H,4H2,1-3H3. The summed E-state index contributed by atoms with van der Waals surface area (Å²) in [7, 11) is 1.69. The quantitative estimate of drug-likeness (QED) is 0.791. The molecule has 0 aromatic heterocycles. The topological polar surface area (TPSA) is 21.3 Å². The molecule has 1 N–H and O–H groups in total. The molecule has 0 saturated heterocycles. The summed E-state index contributed by atoms with van der Waals surface area (Å²) >= 11 is 9.67. The van der Waals surface area contributed by atoms with E-state index in [0.29, 0.717) is 0 Å². The molecule has 2 aromatic rings. The molecule has 21 heavy (non-hydrogen) atoms. The van der Waals surface area contributed by atoms with Crippen LogP contribution in [0.3, 0.4) is 0 Å². The molecule has 0 heterocycles. The van der Waals surface area contributed by atoms with Crippen LogP contribution < -0.4 is 10.1 Å². The Labute approximate surface area is 139 Å². The van der Waals surface area contributed by atoms with Crippen molar-refractivity contribution in [3.63, 3.8) is 0 Å². The van der Waals surface area contributed by atoms with Crippen LogP contribution in [0.25, 0.3) is 0 Å². The Kier molecular flexibility index (Phi) is 5.68. The van der Waals surface area contributed by atoms with Gasteiger partial charge in [0, 0.05) is 9.50 Å². The summed E-state index contributed by atoms with van der Waals surface area (Å²) in [6, 6.07) is 12.2. The van der Waals surface area contributed by atoms with Crippen LogP contribution >= 0.6 is 27.5 Å². The molecule has 0 saturated carbocycles. The van der Waals surface area contributed by atoms with E-state index in [-0.39, 0.29) is 6.04 Å². The van der Waals surface area contributed by atoms with Crippen LogP contribution in [0, 0.1) is 6.92 Å². The van der Waals surface area contributed by atoms with Crippen LogP contribution in [0.4, 0.5) is 0 Å². The molecule has 0 fully saturated rings. The third-order valence-electron chi connectivity index (χ3n) is 3.47. The SMILES string of the molecule is CCNC(c1ccc(OC)cc1C)c1ccc(Cl)cc1Br. The number of nitrogens with one attached hydrogen (secondary N) is 1. The first-order valence-electron chi connectivity index (χ1n) is 6.89. The number of rotatable bonds is 5. The summed E-state index contributed by atoms with van der Waals surface area (Å²) in [6.45, 7) is 5.09. The molecule has 0 aliphatic heterocycles.